The van der Waals surface area contributed by atoms with E-state index in [1.807, 2.05) is 7.05 Å². The number of likely N-dealkylation sites (N-methyl/N-ethyl adjacent to an activating group) is 1. The predicted octanol–water partition coefficient (Wildman–Crippen LogP) is 0.594. The molecule has 1 aromatic carbocycles. The van der Waals surface area contributed by atoms with Gasteiger partial charge < -0.3 is 19.3 Å². The summed E-state index contributed by atoms with van der Waals surface area (Å²) in [7, 11) is 4.77. The average molecular weight is 281 g/mol. The Labute approximate surface area is 117 Å². The van der Waals surface area contributed by atoms with Crippen molar-refractivity contribution in [3.05, 3.63) is 23.8 Å². The van der Waals surface area contributed by atoms with Crippen molar-refractivity contribution in [2.24, 2.45) is 0 Å². The van der Waals surface area contributed by atoms with Crippen LogP contribution in [-0.2, 0) is 9.53 Å². The number of aliphatic hydroxyl groups is 1. The van der Waals surface area contributed by atoms with E-state index in [9.17, 15) is 9.90 Å². The molecule has 1 aliphatic rings. The van der Waals surface area contributed by atoms with E-state index in [1.54, 1.807) is 18.2 Å². The molecule has 0 bridgehead atoms. The first-order valence-electron chi connectivity index (χ1n) is 6.34. The number of carbonyl (C=O) groups is 1. The van der Waals surface area contributed by atoms with E-state index in [2.05, 4.69) is 9.64 Å². The maximum absolute atomic E-state index is 11.3. The molecule has 1 atom stereocenters. The van der Waals surface area contributed by atoms with Gasteiger partial charge in [-0.3, -0.25) is 4.90 Å². The molecule has 6 heteroatoms. The fourth-order valence-electron chi connectivity index (χ4n) is 2.10. The maximum atomic E-state index is 11.3. The lowest BCUT2D eigenvalue weighted by Crippen LogP contribution is -2.51. The van der Waals surface area contributed by atoms with Gasteiger partial charge in [0.25, 0.3) is 0 Å². The first-order valence-corrected chi connectivity index (χ1v) is 6.34. The number of carbonyl (C=O) groups excluding carboxylic acids is 1. The molecule has 0 aliphatic carbocycles. The van der Waals surface area contributed by atoms with Crippen LogP contribution < -0.4 is 9.47 Å². The second kappa shape index (κ2) is 6.11. The molecule has 2 rings (SSSR count). The van der Waals surface area contributed by atoms with Gasteiger partial charge in [0.05, 0.1) is 14.2 Å². The average Bonchev–Trinajstić information content (AvgIpc) is 2.44. The van der Waals surface area contributed by atoms with Crippen molar-refractivity contribution in [1.29, 1.82) is 0 Å². The minimum absolute atomic E-state index is 0.144. The molecule has 1 aromatic rings. The van der Waals surface area contributed by atoms with Gasteiger partial charge in [-0.25, -0.2) is 4.79 Å². The van der Waals surface area contributed by atoms with Crippen LogP contribution in [0, 0.1) is 0 Å². The SMILES string of the molecule is COC(=O)C(O)c1ccc(OC2CN(C)C2)c(OC)c1. The Bertz CT molecular complexity index is 484. The third kappa shape index (κ3) is 3.02. The quantitative estimate of drug-likeness (QED) is 0.797. The highest BCUT2D eigenvalue weighted by molar-refractivity contribution is 5.76. The predicted molar refractivity (Wildman–Crippen MR) is 71.9 cm³/mol. The van der Waals surface area contributed by atoms with Crippen LogP contribution in [0.5, 0.6) is 11.5 Å². The molecule has 1 saturated heterocycles. The number of rotatable bonds is 5. The van der Waals surface area contributed by atoms with Crippen LogP contribution in [0.1, 0.15) is 11.7 Å². The van der Waals surface area contributed by atoms with E-state index in [1.165, 1.54) is 14.2 Å². The molecule has 110 valence electrons. The summed E-state index contributed by atoms with van der Waals surface area (Å²) in [6.45, 7) is 1.74. The van der Waals surface area contributed by atoms with Crippen LogP contribution in [0.4, 0.5) is 0 Å². The number of hydrogen-bond acceptors (Lipinski definition) is 6. The molecule has 0 spiro atoms. The number of hydrogen-bond donors (Lipinski definition) is 1. The van der Waals surface area contributed by atoms with Crippen molar-refractivity contribution in [3.63, 3.8) is 0 Å². The fourth-order valence-corrected chi connectivity index (χ4v) is 2.10. The number of esters is 1. The highest BCUT2D eigenvalue weighted by Gasteiger charge is 2.26. The van der Waals surface area contributed by atoms with Crippen LogP contribution >= 0.6 is 0 Å². The molecule has 1 aliphatic heterocycles. The summed E-state index contributed by atoms with van der Waals surface area (Å²) in [6.07, 6.45) is -1.18. The highest BCUT2D eigenvalue weighted by Crippen LogP contribution is 2.32. The van der Waals surface area contributed by atoms with Gasteiger partial charge in [0.2, 0.25) is 0 Å². The van der Waals surface area contributed by atoms with Crippen molar-refractivity contribution in [2.75, 3.05) is 34.4 Å². The van der Waals surface area contributed by atoms with Crippen molar-refractivity contribution in [2.45, 2.75) is 12.2 Å². The van der Waals surface area contributed by atoms with E-state index in [0.717, 1.165) is 13.1 Å². The van der Waals surface area contributed by atoms with Crippen molar-refractivity contribution in [1.82, 2.24) is 4.90 Å². The second-order valence-corrected chi connectivity index (χ2v) is 4.80. The molecule has 1 fully saturated rings. The van der Waals surface area contributed by atoms with Crippen molar-refractivity contribution in [3.8, 4) is 11.5 Å². The Hall–Kier alpha value is -1.79. The summed E-state index contributed by atoms with van der Waals surface area (Å²) in [5.74, 6) is 0.382. The van der Waals surface area contributed by atoms with Gasteiger partial charge in [-0.2, -0.15) is 0 Å². The molecule has 6 nitrogen and oxygen atoms in total. The normalized spacial score (nSPS) is 17.2. The zero-order valence-electron chi connectivity index (χ0n) is 11.8. The number of benzene rings is 1. The largest absolute Gasteiger partial charge is 0.493 e. The Kier molecular flexibility index (Phi) is 4.46. The molecule has 0 saturated carbocycles. The lowest BCUT2D eigenvalue weighted by atomic mass is 10.1. The summed E-state index contributed by atoms with van der Waals surface area (Å²) in [4.78, 5) is 13.5. The van der Waals surface area contributed by atoms with Gasteiger partial charge >= 0.3 is 5.97 Å². The molecule has 0 amide bonds. The molecule has 1 heterocycles. The van der Waals surface area contributed by atoms with Crippen molar-refractivity contribution < 1.29 is 24.1 Å². The third-order valence-electron chi connectivity index (χ3n) is 3.25. The second-order valence-electron chi connectivity index (χ2n) is 4.80. The standard InChI is InChI=1S/C14H19NO5/c1-15-7-10(8-15)20-11-5-4-9(6-12(11)18-2)13(16)14(17)19-3/h4-6,10,13,16H,7-8H2,1-3H3. The summed E-state index contributed by atoms with van der Waals surface area (Å²) in [5.41, 5.74) is 0.409. The van der Waals surface area contributed by atoms with Gasteiger partial charge in [0.1, 0.15) is 6.10 Å². The number of likely N-dealkylation sites (tertiary alicyclic amines) is 1. The number of methoxy groups -OCH3 is 2. The van der Waals surface area contributed by atoms with Gasteiger partial charge in [-0.15, -0.1) is 0 Å². The lowest BCUT2D eigenvalue weighted by molar-refractivity contribution is -0.150. The zero-order valence-corrected chi connectivity index (χ0v) is 11.8. The molecule has 20 heavy (non-hydrogen) atoms. The molecule has 1 unspecified atom stereocenters. The minimum Gasteiger partial charge on any atom is -0.493 e. The van der Waals surface area contributed by atoms with Gasteiger partial charge in [-0.05, 0) is 24.7 Å². The van der Waals surface area contributed by atoms with E-state index < -0.39 is 12.1 Å². The summed E-state index contributed by atoms with van der Waals surface area (Å²) in [5, 5.41) is 9.80. The Morgan fingerprint density at radius 3 is 2.60 bits per heavy atom. The smallest absolute Gasteiger partial charge is 0.339 e. The van der Waals surface area contributed by atoms with Gasteiger partial charge in [0.15, 0.2) is 17.6 Å². The van der Waals surface area contributed by atoms with Crippen LogP contribution in [0.25, 0.3) is 0 Å². The van der Waals surface area contributed by atoms with Crippen LogP contribution in [0.15, 0.2) is 18.2 Å². The lowest BCUT2D eigenvalue weighted by Gasteiger charge is -2.36. The minimum atomic E-state index is -1.32. The van der Waals surface area contributed by atoms with Crippen molar-refractivity contribution >= 4 is 5.97 Å². The molecule has 0 aromatic heterocycles. The van der Waals surface area contributed by atoms with Gasteiger partial charge in [0, 0.05) is 13.1 Å². The summed E-state index contributed by atoms with van der Waals surface area (Å²) in [6, 6.07) is 4.90. The van der Waals surface area contributed by atoms with E-state index >= 15 is 0 Å². The number of nitrogens with zero attached hydrogens (tertiary/aromatic N) is 1. The fraction of sp³-hybridized carbons (Fsp3) is 0.500. The maximum Gasteiger partial charge on any atom is 0.339 e. The highest BCUT2D eigenvalue weighted by atomic mass is 16.5. The monoisotopic (exact) mass is 281 g/mol. The summed E-state index contributed by atoms with van der Waals surface area (Å²) >= 11 is 0. The number of ether oxygens (including phenoxy) is 3. The van der Waals surface area contributed by atoms with Crippen LogP contribution in [0.2, 0.25) is 0 Å². The zero-order chi connectivity index (χ0) is 14.7. The Balaban J connectivity index is 2.13. The first-order chi connectivity index (χ1) is 9.55. The third-order valence-corrected chi connectivity index (χ3v) is 3.25. The summed E-state index contributed by atoms with van der Waals surface area (Å²) < 4.78 is 15.6. The van der Waals surface area contributed by atoms with Gasteiger partial charge in [-0.1, -0.05) is 6.07 Å². The molecule has 0 radical (unpaired) electrons. The molecular weight excluding hydrogens is 262 g/mol. The molecule has 1 N–H and O–H groups in total. The topological polar surface area (TPSA) is 68.2 Å². The van der Waals surface area contributed by atoms with E-state index in [-0.39, 0.29) is 6.10 Å². The Morgan fingerprint density at radius 2 is 2.05 bits per heavy atom. The van der Waals surface area contributed by atoms with Crippen LogP contribution in [0.3, 0.4) is 0 Å². The Morgan fingerprint density at radius 1 is 1.35 bits per heavy atom. The molecular formula is C14H19NO5. The van der Waals surface area contributed by atoms with E-state index in [0.29, 0.717) is 17.1 Å². The van der Waals surface area contributed by atoms with E-state index in [4.69, 9.17) is 9.47 Å². The van der Waals surface area contributed by atoms with Crippen LogP contribution in [-0.4, -0.2) is 56.4 Å². The first kappa shape index (κ1) is 14.6. The number of aliphatic hydroxyl groups excluding tert-OH is 1.